The van der Waals surface area contributed by atoms with Gasteiger partial charge in [-0.25, -0.2) is 0 Å². The first kappa shape index (κ1) is 16.8. The number of benzene rings is 3. The van der Waals surface area contributed by atoms with Crippen LogP contribution in [-0.4, -0.2) is 18.7 Å². The largest absolute Gasteiger partial charge is 0.358 e. The zero-order valence-electron chi connectivity index (χ0n) is 13.9. The molecule has 0 spiro atoms. The van der Waals surface area contributed by atoms with Crippen LogP contribution in [0.2, 0.25) is 0 Å². The van der Waals surface area contributed by atoms with Crippen LogP contribution >= 0.6 is 0 Å². The second kappa shape index (κ2) is 7.24. The van der Waals surface area contributed by atoms with E-state index in [2.05, 4.69) is 0 Å². The molecular formula is C22H18O3. The molecule has 3 rings (SSSR count). The van der Waals surface area contributed by atoms with Gasteiger partial charge in [0.05, 0.1) is 0 Å². The average Bonchev–Trinajstić information content (AvgIpc) is 2.71. The highest BCUT2D eigenvalue weighted by Gasteiger charge is 2.48. The summed E-state index contributed by atoms with van der Waals surface area (Å²) in [6, 6.07) is 26.4. The van der Waals surface area contributed by atoms with Crippen LogP contribution in [0.5, 0.6) is 0 Å². The molecule has 124 valence electrons. The fraction of sp³-hybridized carbons (Fsp3) is 0.0909. The fourth-order valence-corrected chi connectivity index (χ4v) is 2.93. The molecule has 0 N–H and O–H groups in total. The van der Waals surface area contributed by atoms with Gasteiger partial charge in [0.1, 0.15) is 0 Å². The lowest BCUT2D eigenvalue weighted by atomic mass is 9.79. The van der Waals surface area contributed by atoms with E-state index in [9.17, 15) is 9.59 Å². The van der Waals surface area contributed by atoms with E-state index < -0.39 is 5.60 Å². The second-order valence-corrected chi connectivity index (χ2v) is 5.64. The molecule has 3 aromatic rings. The summed E-state index contributed by atoms with van der Waals surface area (Å²) >= 11 is 0. The Labute approximate surface area is 146 Å². The van der Waals surface area contributed by atoms with Crippen LogP contribution < -0.4 is 0 Å². The van der Waals surface area contributed by atoms with Gasteiger partial charge in [-0.2, -0.15) is 0 Å². The lowest BCUT2D eigenvalue weighted by molar-refractivity contribution is 0.00638. The smallest absolute Gasteiger partial charge is 0.218 e. The van der Waals surface area contributed by atoms with Crippen molar-refractivity contribution in [1.29, 1.82) is 0 Å². The molecular weight excluding hydrogens is 312 g/mol. The molecule has 0 aliphatic carbocycles. The van der Waals surface area contributed by atoms with Crippen molar-refractivity contribution in [3.63, 3.8) is 0 Å². The molecule has 0 fully saturated rings. The summed E-state index contributed by atoms with van der Waals surface area (Å²) in [5.41, 5.74) is -0.348. The van der Waals surface area contributed by atoms with Crippen molar-refractivity contribution in [3.05, 3.63) is 108 Å². The van der Waals surface area contributed by atoms with Crippen LogP contribution in [0.1, 0.15) is 26.3 Å². The first-order valence-corrected chi connectivity index (χ1v) is 8.00. The lowest BCUT2D eigenvalue weighted by Gasteiger charge is -2.30. The molecule has 3 aromatic carbocycles. The first-order chi connectivity index (χ1) is 12.2. The number of carbonyl (C=O) groups excluding carboxylic acids is 2. The number of carbonyl (C=O) groups is 2. The maximum absolute atomic E-state index is 13.4. The highest BCUT2D eigenvalue weighted by Crippen LogP contribution is 2.33. The van der Waals surface area contributed by atoms with E-state index in [1.165, 1.54) is 7.11 Å². The summed E-state index contributed by atoms with van der Waals surface area (Å²) < 4.78 is 5.66. The Bertz CT molecular complexity index is 804. The van der Waals surface area contributed by atoms with Gasteiger partial charge in [-0.1, -0.05) is 91.0 Å². The SMILES string of the molecule is COC(C(=O)c1ccccc1)(C(=O)c1ccccc1)c1ccccc1. The Morgan fingerprint density at radius 2 is 1.00 bits per heavy atom. The molecule has 25 heavy (non-hydrogen) atoms. The van der Waals surface area contributed by atoms with Crippen LogP contribution in [-0.2, 0) is 10.3 Å². The van der Waals surface area contributed by atoms with Crippen molar-refractivity contribution in [2.45, 2.75) is 5.60 Å². The van der Waals surface area contributed by atoms with Crippen LogP contribution in [0.3, 0.4) is 0 Å². The highest BCUT2D eigenvalue weighted by molar-refractivity contribution is 6.22. The van der Waals surface area contributed by atoms with Gasteiger partial charge in [-0.3, -0.25) is 9.59 Å². The molecule has 0 unspecified atom stereocenters. The molecule has 0 aromatic heterocycles. The van der Waals surface area contributed by atoms with E-state index in [4.69, 9.17) is 4.74 Å². The standard InChI is InChI=1S/C22H18O3/c1-25-22(19-15-9-4-10-16-19,20(23)17-11-5-2-6-12-17)21(24)18-13-7-3-8-14-18/h2-16H,1H3. The third-order valence-corrected chi connectivity index (χ3v) is 4.20. The highest BCUT2D eigenvalue weighted by atomic mass is 16.5. The summed E-state index contributed by atoms with van der Waals surface area (Å²) in [4.78, 5) is 26.7. The van der Waals surface area contributed by atoms with Gasteiger partial charge in [0, 0.05) is 18.2 Å². The van der Waals surface area contributed by atoms with Gasteiger partial charge >= 0.3 is 0 Å². The number of ketones is 2. The number of hydrogen-bond donors (Lipinski definition) is 0. The Balaban J connectivity index is 2.21. The van der Waals surface area contributed by atoms with Gasteiger partial charge in [0.2, 0.25) is 17.2 Å². The monoisotopic (exact) mass is 330 g/mol. The summed E-state index contributed by atoms with van der Waals surface area (Å²) in [6.45, 7) is 0. The van der Waals surface area contributed by atoms with Gasteiger partial charge < -0.3 is 4.74 Å². The molecule has 0 heterocycles. The summed E-state index contributed by atoms with van der Waals surface area (Å²) in [7, 11) is 1.40. The number of rotatable bonds is 6. The third-order valence-electron chi connectivity index (χ3n) is 4.20. The molecule has 0 aliphatic rings. The minimum Gasteiger partial charge on any atom is -0.358 e. The van der Waals surface area contributed by atoms with E-state index in [1.54, 1.807) is 72.8 Å². The first-order valence-electron chi connectivity index (χ1n) is 8.00. The Morgan fingerprint density at radius 1 is 0.640 bits per heavy atom. The quantitative estimate of drug-likeness (QED) is 0.500. The predicted octanol–water partition coefficient (Wildman–Crippen LogP) is 4.29. The minimum absolute atomic E-state index is 0.379. The summed E-state index contributed by atoms with van der Waals surface area (Å²) in [6.07, 6.45) is 0. The normalized spacial score (nSPS) is 11.1. The van der Waals surface area contributed by atoms with Gasteiger partial charge in [-0.05, 0) is 5.56 Å². The van der Waals surface area contributed by atoms with Gasteiger partial charge in [0.25, 0.3) is 0 Å². The average molecular weight is 330 g/mol. The molecule has 0 bridgehead atoms. The zero-order chi connectivity index (χ0) is 17.7. The Morgan fingerprint density at radius 3 is 1.36 bits per heavy atom. The molecule has 0 saturated heterocycles. The van der Waals surface area contributed by atoms with E-state index in [0.29, 0.717) is 16.7 Å². The topological polar surface area (TPSA) is 43.4 Å². The van der Waals surface area contributed by atoms with E-state index in [1.807, 2.05) is 18.2 Å². The molecule has 3 nitrogen and oxygen atoms in total. The van der Waals surface area contributed by atoms with Gasteiger partial charge in [-0.15, -0.1) is 0 Å². The molecule has 3 heteroatoms. The van der Waals surface area contributed by atoms with Gasteiger partial charge in [0.15, 0.2) is 0 Å². The number of hydrogen-bond acceptors (Lipinski definition) is 3. The number of ether oxygens (including phenoxy) is 1. The molecule has 0 aliphatic heterocycles. The lowest BCUT2D eigenvalue weighted by Crippen LogP contribution is -2.45. The summed E-state index contributed by atoms with van der Waals surface area (Å²) in [5, 5.41) is 0. The van der Waals surface area contributed by atoms with E-state index in [-0.39, 0.29) is 11.6 Å². The molecule has 0 saturated carbocycles. The zero-order valence-corrected chi connectivity index (χ0v) is 13.9. The maximum atomic E-state index is 13.4. The molecule has 0 amide bonds. The van der Waals surface area contributed by atoms with Crippen molar-refractivity contribution in [1.82, 2.24) is 0 Å². The number of Topliss-reactive ketones (excluding diaryl/α,β-unsaturated/α-hetero) is 2. The van der Waals surface area contributed by atoms with E-state index in [0.717, 1.165) is 0 Å². The maximum Gasteiger partial charge on any atom is 0.218 e. The van der Waals surface area contributed by atoms with E-state index >= 15 is 0 Å². The molecule has 0 radical (unpaired) electrons. The number of methoxy groups -OCH3 is 1. The Hall–Kier alpha value is -3.04. The minimum atomic E-state index is -1.72. The molecule has 0 atom stereocenters. The second-order valence-electron chi connectivity index (χ2n) is 5.64. The van der Waals surface area contributed by atoms with Crippen molar-refractivity contribution >= 4 is 11.6 Å². The van der Waals surface area contributed by atoms with Crippen molar-refractivity contribution in [2.75, 3.05) is 7.11 Å². The van der Waals surface area contributed by atoms with Crippen LogP contribution in [0.25, 0.3) is 0 Å². The van der Waals surface area contributed by atoms with Crippen molar-refractivity contribution in [2.24, 2.45) is 0 Å². The van der Waals surface area contributed by atoms with Crippen LogP contribution in [0.15, 0.2) is 91.0 Å². The summed E-state index contributed by atoms with van der Waals surface area (Å²) in [5.74, 6) is -0.758. The van der Waals surface area contributed by atoms with Crippen LogP contribution in [0, 0.1) is 0 Å². The van der Waals surface area contributed by atoms with Crippen molar-refractivity contribution in [3.8, 4) is 0 Å². The Kier molecular flexibility index (Phi) is 4.87. The van der Waals surface area contributed by atoms with Crippen LogP contribution in [0.4, 0.5) is 0 Å². The van der Waals surface area contributed by atoms with Crippen molar-refractivity contribution < 1.29 is 14.3 Å². The third kappa shape index (κ3) is 3.02. The fourth-order valence-electron chi connectivity index (χ4n) is 2.93. The predicted molar refractivity (Wildman–Crippen MR) is 96.7 cm³/mol.